The van der Waals surface area contributed by atoms with Crippen molar-refractivity contribution in [3.63, 3.8) is 0 Å². The van der Waals surface area contributed by atoms with Crippen molar-refractivity contribution in [1.82, 2.24) is 14.7 Å². The number of hydrogen-bond donors (Lipinski definition) is 0. The quantitative estimate of drug-likeness (QED) is 0.780. The van der Waals surface area contributed by atoms with Crippen LogP contribution >= 0.6 is 0 Å². The largest absolute Gasteiger partial charge is 0.338 e. The molecule has 6 heteroatoms. The molecule has 0 N–H and O–H groups in total. The van der Waals surface area contributed by atoms with Gasteiger partial charge in [-0.1, -0.05) is 24.3 Å². The Morgan fingerprint density at radius 1 is 1.00 bits per heavy atom. The van der Waals surface area contributed by atoms with Crippen LogP contribution < -0.4 is 0 Å². The van der Waals surface area contributed by atoms with Crippen molar-refractivity contribution < 1.29 is 14.0 Å². The topological polar surface area (TPSA) is 43.9 Å². The maximum atomic E-state index is 14.0. The summed E-state index contributed by atoms with van der Waals surface area (Å²) in [5.74, 6) is -0.251. The molecule has 0 aliphatic carbocycles. The maximum absolute atomic E-state index is 14.0. The smallest absolute Gasteiger partial charge is 0.253 e. The Morgan fingerprint density at radius 2 is 1.60 bits per heavy atom. The lowest BCUT2D eigenvalue weighted by Crippen LogP contribution is -2.43. The second-order valence-corrected chi connectivity index (χ2v) is 9.00. The molecular formula is C24H28FN3O2. The number of fused-ring (bicyclic) bond motifs is 1. The van der Waals surface area contributed by atoms with E-state index in [-0.39, 0.29) is 29.0 Å². The summed E-state index contributed by atoms with van der Waals surface area (Å²) >= 11 is 0. The van der Waals surface area contributed by atoms with E-state index in [2.05, 4.69) is 4.90 Å². The number of rotatable bonds is 4. The third kappa shape index (κ3) is 3.72. The van der Waals surface area contributed by atoms with Gasteiger partial charge in [-0.2, -0.15) is 0 Å². The summed E-state index contributed by atoms with van der Waals surface area (Å²) in [6.45, 7) is 4.89. The van der Waals surface area contributed by atoms with Crippen molar-refractivity contribution in [3.8, 4) is 0 Å². The fourth-order valence-electron chi connectivity index (χ4n) is 5.01. The molecule has 0 spiro atoms. The highest BCUT2D eigenvalue weighted by Crippen LogP contribution is 2.43. The molecule has 2 atom stereocenters. The molecule has 4 rings (SSSR count). The number of carbonyl (C=O) groups excluding carboxylic acids is 2. The van der Waals surface area contributed by atoms with Crippen molar-refractivity contribution >= 4 is 11.8 Å². The van der Waals surface area contributed by atoms with Gasteiger partial charge in [-0.3, -0.25) is 9.59 Å². The van der Waals surface area contributed by atoms with Crippen LogP contribution in [0.3, 0.4) is 0 Å². The van der Waals surface area contributed by atoms with Crippen LogP contribution in [0.15, 0.2) is 48.5 Å². The lowest BCUT2D eigenvalue weighted by atomic mass is 9.80. The highest BCUT2D eigenvalue weighted by Gasteiger charge is 2.54. The number of carbonyl (C=O) groups is 2. The summed E-state index contributed by atoms with van der Waals surface area (Å²) in [6, 6.07) is 14.0. The first-order chi connectivity index (χ1) is 14.3. The van der Waals surface area contributed by atoms with Gasteiger partial charge in [-0.15, -0.1) is 0 Å². The van der Waals surface area contributed by atoms with E-state index >= 15 is 0 Å². The Hall–Kier alpha value is -2.73. The van der Waals surface area contributed by atoms with Gasteiger partial charge in [-0.05, 0) is 50.8 Å². The Morgan fingerprint density at radius 3 is 2.17 bits per heavy atom. The normalized spacial score (nSPS) is 23.2. The lowest BCUT2D eigenvalue weighted by molar-refractivity contribution is 0.0701. The van der Waals surface area contributed by atoms with Crippen LogP contribution in [0.4, 0.5) is 4.39 Å². The fraction of sp³-hybridized carbons (Fsp3) is 0.417. The second kappa shape index (κ2) is 7.84. The SMILES string of the molecule is Cc1ccc(C(=O)N2C[C@H]3CN(C(=O)c4ccccc4)C[C@@]3(CN(C)C)C2)cc1F. The number of aryl methyl sites for hydroxylation is 1. The molecule has 0 unspecified atom stereocenters. The van der Waals surface area contributed by atoms with Crippen molar-refractivity contribution in [2.45, 2.75) is 6.92 Å². The average Bonchev–Trinajstić information content (AvgIpc) is 3.22. The molecule has 0 radical (unpaired) electrons. The molecule has 2 saturated heterocycles. The summed E-state index contributed by atoms with van der Waals surface area (Å²) in [7, 11) is 4.04. The number of likely N-dealkylation sites (tertiary alicyclic amines) is 2. The molecule has 2 aromatic carbocycles. The summed E-state index contributed by atoms with van der Waals surface area (Å²) in [5, 5.41) is 0. The van der Waals surface area contributed by atoms with Crippen LogP contribution in [-0.2, 0) is 0 Å². The van der Waals surface area contributed by atoms with Crippen molar-refractivity contribution in [2.75, 3.05) is 46.8 Å². The molecule has 2 aliphatic rings. The van der Waals surface area contributed by atoms with E-state index in [0.717, 1.165) is 6.54 Å². The van der Waals surface area contributed by atoms with E-state index in [1.165, 1.54) is 6.07 Å². The first-order valence-corrected chi connectivity index (χ1v) is 10.3. The van der Waals surface area contributed by atoms with Crippen molar-refractivity contribution in [2.24, 2.45) is 11.3 Å². The summed E-state index contributed by atoms with van der Waals surface area (Å²) in [6.07, 6.45) is 0. The molecule has 0 saturated carbocycles. The van der Waals surface area contributed by atoms with Gasteiger partial charge in [0.05, 0.1) is 0 Å². The van der Waals surface area contributed by atoms with Gasteiger partial charge >= 0.3 is 0 Å². The van der Waals surface area contributed by atoms with Gasteiger partial charge < -0.3 is 14.7 Å². The van der Waals surface area contributed by atoms with Crippen LogP contribution in [-0.4, -0.2) is 73.3 Å². The van der Waals surface area contributed by atoms with E-state index in [0.29, 0.717) is 42.9 Å². The predicted molar refractivity (Wildman–Crippen MR) is 114 cm³/mol. The molecular weight excluding hydrogens is 381 g/mol. The molecule has 0 aromatic heterocycles. The number of amides is 2. The van der Waals surface area contributed by atoms with Crippen molar-refractivity contribution in [3.05, 3.63) is 71.0 Å². The lowest BCUT2D eigenvalue weighted by Gasteiger charge is -2.32. The Kier molecular flexibility index (Phi) is 5.36. The molecule has 2 amide bonds. The molecule has 5 nitrogen and oxygen atoms in total. The predicted octanol–water partition coefficient (Wildman–Crippen LogP) is 2.91. The standard InChI is InChI=1S/C24H28FN3O2/c1-17-9-10-19(11-21(17)25)23(30)28-13-20-12-27(15-24(20,16-28)14-26(2)3)22(29)18-7-5-4-6-8-18/h4-11,20H,12-16H2,1-3H3/t20-,24+/m1/s1. The summed E-state index contributed by atoms with van der Waals surface area (Å²) < 4.78 is 14.0. The van der Waals surface area contributed by atoms with Gasteiger partial charge in [0, 0.05) is 55.2 Å². The van der Waals surface area contributed by atoms with Gasteiger partial charge in [0.1, 0.15) is 5.82 Å². The van der Waals surface area contributed by atoms with Crippen LogP contribution in [0.5, 0.6) is 0 Å². The van der Waals surface area contributed by atoms with E-state index in [1.807, 2.05) is 54.2 Å². The average molecular weight is 410 g/mol. The number of benzene rings is 2. The highest BCUT2D eigenvalue weighted by molar-refractivity contribution is 5.95. The van der Waals surface area contributed by atoms with E-state index in [4.69, 9.17) is 0 Å². The molecule has 2 aromatic rings. The Balaban J connectivity index is 1.54. The van der Waals surface area contributed by atoms with Gasteiger partial charge in [0.25, 0.3) is 11.8 Å². The second-order valence-electron chi connectivity index (χ2n) is 9.00. The monoisotopic (exact) mass is 409 g/mol. The minimum absolute atomic E-state index is 0.0432. The highest BCUT2D eigenvalue weighted by atomic mass is 19.1. The summed E-state index contributed by atoms with van der Waals surface area (Å²) in [5.41, 5.74) is 1.44. The zero-order valence-electron chi connectivity index (χ0n) is 17.8. The van der Waals surface area contributed by atoms with E-state index in [9.17, 15) is 14.0 Å². The van der Waals surface area contributed by atoms with Crippen molar-refractivity contribution in [1.29, 1.82) is 0 Å². The number of nitrogens with zero attached hydrogens (tertiary/aromatic N) is 3. The first kappa shape index (κ1) is 20.5. The molecule has 0 bridgehead atoms. The molecule has 2 heterocycles. The van der Waals surface area contributed by atoms with E-state index < -0.39 is 0 Å². The Labute approximate surface area is 177 Å². The van der Waals surface area contributed by atoms with Crippen LogP contribution in [0.1, 0.15) is 26.3 Å². The van der Waals surface area contributed by atoms with Gasteiger partial charge in [0.2, 0.25) is 0 Å². The fourth-order valence-corrected chi connectivity index (χ4v) is 5.01. The van der Waals surface area contributed by atoms with Crippen LogP contribution in [0.2, 0.25) is 0 Å². The molecule has 2 fully saturated rings. The minimum atomic E-state index is -0.358. The maximum Gasteiger partial charge on any atom is 0.253 e. The number of hydrogen-bond acceptors (Lipinski definition) is 3. The minimum Gasteiger partial charge on any atom is -0.338 e. The first-order valence-electron chi connectivity index (χ1n) is 10.3. The van der Waals surface area contributed by atoms with Gasteiger partial charge in [-0.25, -0.2) is 4.39 Å². The molecule has 2 aliphatic heterocycles. The summed E-state index contributed by atoms with van der Waals surface area (Å²) in [4.78, 5) is 32.0. The molecule has 158 valence electrons. The van der Waals surface area contributed by atoms with Gasteiger partial charge in [0.15, 0.2) is 0 Å². The third-order valence-corrected chi connectivity index (χ3v) is 6.40. The third-order valence-electron chi connectivity index (χ3n) is 6.40. The van der Waals surface area contributed by atoms with Crippen LogP contribution in [0.25, 0.3) is 0 Å². The molecule has 30 heavy (non-hydrogen) atoms. The van der Waals surface area contributed by atoms with E-state index in [1.54, 1.807) is 19.1 Å². The van der Waals surface area contributed by atoms with Crippen LogP contribution in [0, 0.1) is 24.1 Å². The zero-order valence-corrected chi connectivity index (χ0v) is 17.8. The number of halogens is 1. The zero-order chi connectivity index (χ0) is 21.5. The Bertz CT molecular complexity index is 962.